The normalized spacial score (nSPS) is 18.8. The quantitative estimate of drug-likeness (QED) is 0.575. The maximum absolute atomic E-state index is 11.9. The molecule has 1 aliphatic heterocycles. The number of carboxylic acids is 1. The molecule has 1 atom stereocenters. The molecule has 0 aromatic carbocycles. The van der Waals surface area contributed by atoms with E-state index in [-0.39, 0.29) is 12.5 Å². The van der Waals surface area contributed by atoms with Crippen molar-refractivity contribution in [1.29, 1.82) is 0 Å². The number of ether oxygens (including phenoxy) is 2. The minimum Gasteiger partial charge on any atom is -0.480 e. The summed E-state index contributed by atoms with van der Waals surface area (Å²) in [4.78, 5) is 23.9. The number of nitrogens with two attached hydrogens (primary N) is 1. The monoisotopic (exact) mass is 274 g/mol. The van der Waals surface area contributed by atoms with Gasteiger partial charge in [0.2, 0.25) is 5.91 Å². The molecule has 0 aliphatic carbocycles. The van der Waals surface area contributed by atoms with Crippen molar-refractivity contribution in [3.63, 3.8) is 0 Å². The summed E-state index contributed by atoms with van der Waals surface area (Å²) in [5.41, 5.74) is 5.23. The van der Waals surface area contributed by atoms with Crippen LogP contribution in [0.25, 0.3) is 0 Å². The summed E-state index contributed by atoms with van der Waals surface area (Å²) in [6, 6.07) is -0.529. The topological polar surface area (TPSA) is 102 Å². The molecule has 1 heterocycles. The Morgan fingerprint density at radius 3 is 2.63 bits per heavy atom. The first-order valence-electron chi connectivity index (χ1n) is 6.27. The molecule has 1 saturated heterocycles. The van der Waals surface area contributed by atoms with Crippen molar-refractivity contribution in [1.82, 2.24) is 4.90 Å². The summed E-state index contributed by atoms with van der Waals surface area (Å²) < 4.78 is 10.1. The minimum absolute atomic E-state index is 0.118. The molecule has 1 amide bonds. The van der Waals surface area contributed by atoms with E-state index < -0.39 is 17.6 Å². The Kier molecular flexibility index (Phi) is 5.71. The van der Waals surface area contributed by atoms with Crippen LogP contribution in [0.4, 0.5) is 0 Å². The van der Waals surface area contributed by atoms with Gasteiger partial charge in [-0.15, -0.1) is 0 Å². The number of carbonyl (C=O) groups excluding carboxylic acids is 1. The Labute approximate surface area is 112 Å². The molecule has 1 unspecified atom stereocenters. The molecule has 0 saturated carbocycles. The highest BCUT2D eigenvalue weighted by Gasteiger charge is 2.43. The second kappa shape index (κ2) is 6.83. The van der Waals surface area contributed by atoms with Gasteiger partial charge in [-0.3, -0.25) is 4.79 Å². The van der Waals surface area contributed by atoms with Crippen LogP contribution in [-0.4, -0.2) is 66.9 Å². The van der Waals surface area contributed by atoms with E-state index in [2.05, 4.69) is 0 Å². The van der Waals surface area contributed by atoms with Gasteiger partial charge in [-0.25, -0.2) is 4.79 Å². The molecular formula is C12H22N2O5. The number of likely N-dealkylation sites (tertiary alicyclic amines) is 1. The van der Waals surface area contributed by atoms with Crippen LogP contribution in [0.2, 0.25) is 0 Å². The van der Waals surface area contributed by atoms with Gasteiger partial charge in [0.25, 0.3) is 0 Å². The van der Waals surface area contributed by atoms with Crippen molar-refractivity contribution in [2.75, 3.05) is 33.4 Å². The fourth-order valence-corrected chi connectivity index (χ4v) is 2.05. The lowest BCUT2D eigenvalue weighted by molar-refractivity contribution is -0.174. The summed E-state index contributed by atoms with van der Waals surface area (Å²) in [5, 5.41) is 8.54. The van der Waals surface area contributed by atoms with Crippen LogP contribution >= 0.6 is 0 Å². The number of rotatable bonds is 8. The lowest BCUT2D eigenvalue weighted by Crippen LogP contribution is -2.65. The molecule has 7 nitrogen and oxygen atoms in total. The first-order chi connectivity index (χ1) is 8.88. The van der Waals surface area contributed by atoms with Gasteiger partial charge in [0, 0.05) is 13.7 Å². The maximum Gasteiger partial charge on any atom is 0.329 e. The van der Waals surface area contributed by atoms with E-state index in [1.807, 2.05) is 0 Å². The summed E-state index contributed by atoms with van der Waals surface area (Å²) in [7, 11) is 1.61. The molecule has 1 fully saturated rings. The Balaban J connectivity index is 2.28. The van der Waals surface area contributed by atoms with Crippen LogP contribution in [0.3, 0.4) is 0 Å². The van der Waals surface area contributed by atoms with Gasteiger partial charge in [0.15, 0.2) is 0 Å². The summed E-state index contributed by atoms with van der Waals surface area (Å²) in [6.07, 6.45) is 1.32. The van der Waals surface area contributed by atoms with Crippen molar-refractivity contribution in [3.05, 3.63) is 0 Å². The van der Waals surface area contributed by atoms with Crippen molar-refractivity contribution in [2.45, 2.75) is 31.4 Å². The van der Waals surface area contributed by atoms with E-state index in [9.17, 15) is 9.59 Å². The van der Waals surface area contributed by atoms with E-state index >= 15 is 0 Å². The SMILES string of the molecule is COCCCC(N)C(=O)N1CC(C)(OCC(=O)O)C1. The van der Waals surface area contributed by atoms with Crippen molar-refractivity contribution < 1.29 is 24.2 Å². The lowest BCUT2D eigenvalue weighted by Gasteiger charge is -2.48. The van der Waals surface area contributed by atoms with Crippen molar-refractivity contribution in [3.8, 4) is 0 Å². The summed E-state index contributed by atoms with van der Waals surface area (Å²) in [6.45, 7) is 2.79. The van der Waals surface area contributed by atoms with Gasteiger partial charge >= 0.3 is 5.97 Å². The number of methoxy groups -OCH3 is 1. The molecule has 19 heavy (non-hydrogen) atoms. The number of hydrogen-bond acceptors (Lipinski definition) is 5. The molecule has 1 rings (SSSR count). The molecule has 0 aromatic heterocycles. The second-order valence-electron chi connectivity index (χ2n) is 5.07. The predicted octanol–water partition coefficient (Wildman–Crippen LogP) is -0.558. The lowest BCUT2D eigenvalue weighted by atomic mass is 9.95. The average Bonchev–Trinajstić information content (AvgIpc) is 2.32. The van der Waals surface area contributed by atoms with Crippen molar-refractivity contribution >= 4 is 11.9 Å². The molecule has 0 bridgehead atoms. The Morgan fingerprint density at radius 1 is 1.47 bits per heavy atom. The molecule has 110 valence electrons. The fraction of sp³-hybridized carbons (Fsp3) is 0.833. The van der Waals surface area contributed by atoms with Crippen LogP contribution in [-0.2, 0) is 19.1 Å². The van der Waals surface area contributed by atoms with E-state index in [0.717, 1.165) is 6.42 Å². The van der Waals surface area contributed by atoms with Crippen LogP contribution in [0.1, 0.15) is 19.8 Å². The van der Waals surface area contributed by atoms with Crippen LogP contribution < -0.4 is 5.73 Å². The first-order valence-corrected chi connectivity index (χ1v) is 6.27. The van der Waals surface area contributed by atoms with Gasteiger partial charge in [-0.1, -0.05) is 0 Å². The second-order valence-corrected chi connectivity index (χ2v) is 5.07. The first kappa shape index (κ1) is 15.9. The zero-order chi connectivity index (χ0) is 14.5. The zero-order valence-electron chi connectivity index (χ0n) is 11.4. The van der Waals surface area contributed by atoms with E-state index in [1.165, 1.54) is 0 Å². The van der Waals surface area contributed by atoms with Gasteiger partial charge in [0.05, 0.1) is 19.1 Å². The van der Waals surface area contributed by atoms with E-state index in [1.54, 1.807) is 18.9 Å². The standard InChI is InChI=1S/C12H22N2O5/c1-12(19-6-10(15)16)7-14(8-12)11(17)9(13)4-3-5-18-2/h9H,3-8,13H2,1-2H3,(H,15,16). The van der Waals surface area contributed by atoms with Gasteiger partial charge in [-0.2, -0.15) is 0 Å². The number of aliphatic carboxylic acids is 1. The highest BCUT2D eigenvalue weighted by molar-refractivity contribution is 5.82. The third-order valence-electron chi connectivity index (χ3n) is 3.09. The number of nitrogens with zero attached hydrogens (tertiary/aromatic N) is 1. The fourth-order valence-electron chi connectivity index (χ4n) is 2.05. The smallest absolute Gasteiger partial charge is 0.329 e. The van der Waals surface area contributed by atoms with Crippen LogP contribution in [0, 0.1) is 0 Å². The maximum atomic E-state index is 11.9. The van der Waals surface area contributed by atoms with E-state index in [4.69, 9.17) is 20.3 Å². The Morgan fingerprint density at radius 2 is 2.11 bits per heavy atom. The number of amides is 1. The zero-order valence-corrected chi connectivity index (χ0v) is 11.4. The summed E-state index contributed by atoms with van der Waals surface area (Å²) in [5.74, 6) is -1.13. The molecule has 0 radical (unpaired) electrons. The van der Waals surface area contributed by atoms with E-state index in [0.29, 0.717) is 26.1 Å². The largest absolute Gasteiger partial charge is 0.480 e. The molecule has 7 heteroatoms. The Bertz CT molecular complexity index is 328. The third kappa shape index (κ3) is 4.77. The molecule has 1 aliphatic rings. The van der Waals surface area contributed by atoms with Crippen LogP contribution in [0.15, 0.2) is 0 Å². The molecule has 0 aromatic rings. The van der Waals surface area contributed by atoms with Gasteiger partial charge in [0.1, 0.15) is 12.2 Å². The molecule has 3 N–H and O–H groups in total. The highest BCUT2D eigenvalue weighted by Crippen LogP contribution is 2.25. The molecular weight excluding hydrogens is 252 g/mol. The third-order valence-corrected chi connectivity index (χ3v) is 3.09. The Hall–Kier alpha value is -1.18. The number of hydrogen-bond donors (Lipinski definition) is 2. The van der Waals surface area contributed by atoms with Crippen molar-refractivity contribution in [2.24, 2.45) is 5.73 Å². The number of carboxylic acid groups (broad SMARTS) is 1. The highest BCUT2D eigenvalue weighted by atomic mass is 16.5. The minimum atomic E-state index is -1.01. The average molecular weight is 274 g/mol. The predicted molar refractivity (Wildman–Crippen MR) is 67.7 cm³/mol. The number of carbonyl (C=O) groups is 2. The summed E-state index contributed by atoms with van der Waals surface area (Å²) >= 11 is 0. The van der Waals surface area contributed by atoms with Crippen LogP contribution in [0.5, 0.6) is 0 Å². The van der Waals surface area contributed by atoms with Gasteiger partial charge in [-0.05, 0) is 19.8 Å². The molecule has 0 spiro atoms. The van der Waals surface area contributed by atoms with Gasteiger partial charge < -0.3 is 25.2 Å².